The topological polar surface area (TPSA) is 63.1 Å². The second-order valence-electron chi connectivity index (χ2n) is 8.56. The Kier molecular flexibility index (Phi) is 5.54. The van der Waals surface area contributed by atoms with E-state index in [1.807, 2.05) is 37.3 Å². The minimum absolute atomic E-state index is 0.149. The first-order valence-corrected chi connectivity index (χ1v) is 11.6. The number of aromatic nitrogens is 3. The summed E-state index contributed by atoms with van der Waals surface area (Å²) in [5.41, 5.74) is 5.56. The Bertz CT molecular complexity index is 1360. The number of nitrogens with zero attached hydrogens (tertiary/aromatic N) is 4. The van der Waals surface area contributed by atoms with Gasteiger partial charge in [0.25, 0.3) is 5.91 Å². The van der Waals surface area contributed by atoms with E-state index in [9.17, 15) is 4.79 Å². The lowest BCUT2D eigenvalue weighted by atomic mass is 10.2. The third-order valence-electron chi connectivity index (χ3n) is 6.39. The molecule has 0 radical (unpaired) electrons. The Morgan fingerprint density at radius 1 is 1.00 bits per heavy atom. The molecule has 0 bridgehead atoms. The number of aryl methyl sites for hydroxylation is 2. The Balaban J connectivity index is 1.67. The number of benzene rings is 2. The van der Waals surface area contributed by atoms with Crippen molar-refractivity contribution >= 4 is 40.0 Å². The zero-order valence-electron chi connectivity index (χ0n) is 19.0. The van der Waals surface area contributed by atoms with Crippen molar-refractivity contribution in [1.29, 1.82) is 0 Å². The van der Waals surface area contributed by atoms with Crippen LogP contribution in [0.2, 0.25) is 5.02 Å². The molecule has 6 nitrogen and oxygen atoms in total. The molecule has 0 spiro atoms. The molecule has 1 amide bonds. The predicted molar refractivity (Wildman–Crippen MR) is 134 cm³/mol. The Morgan fingerprint density at radius 3 is 2.42 bits per heavy atom. The van der Waals surface area contributed by atoms with Gasteiger partial charge >= 0.3 is 0 Å². The fourth-order valence-corrected chi connectivity index (χ4v) is 4.63. The van der Waals surface area contributed by atoms with Gasteiger partial charge in [-0.05, 0) is 69.0 Å². The van der Waals surface area contributed by atoms with Crippen molar-refractivity contribution in [2.24, 2.45) is 0 Å². The molecule has 0 saturated carbocycles. The molecule has 1 N–H and O–H groups in total. The summed E-state index contributed by atoms with van der Waals surface area (Å²) in [5.74, 6) is 0.629. The second kappa shape index (κ2) is 8.52. The molecule has 5 rings (SSSR count). The number of carbonyl (C=O) groups excluding carboxylic acids is 1. The standard InChI is InChI=1S/C26H26ClN5O/c1-16-11-12-19(15-21(16)27)28-26(33)23-29-24(31-13-7-8-14-31)22-17(2)18(3)32(25(22)30-23)20-9-5-4-6-10-20/h4-6,9-12,15H,7-8,13-14H2,1-3H3,(H,28,33). The molecule has 2 aromatic carbocycles. The van der Waals surface area contributed by atoms with Gasteiger partial charge < -0.3 is 10.2 Å². The molecule has 0 atom stereocenters. The van der Waals surface area contributed by atoms with E-state index >= 15 is 0 Å². The molecule has 0 unspecified atom stereocenters. The summed E-state index contributed by atoms with van der Waals surface area (Å²) in [6, 6.07) is 15.6. The molecule has 1 saturated heterocycles. The number of amides is 1. The quantitative estimate of drug-likeness (QED) is 0.415. The summed E-state index contributed by atoms with van der Waals surface area (Å²) in [5, 5.41) is 4.52. The summed E-state index contributed by atoms with van der Waals surface area (Å²) in [7, 11) is 0. The van der Waals surface area contributed by atoms with Gasteiger partial charge in [-0.3, -0.25) is 9.36 Å². The molecule has 0 aliphatic carbocycles. The maximum atomic E-state index is 13.3. The third kappa shape index (κ3) is 3.85. The largest absolute Gasteiger partial charge is 0.356 e. The van der Waals surface area contributed by atoms with Gasteiger partial charge in [-0.15, -0.1) is 0 Å². The smallest absolute Gasteiger partial charge is 0.293 e. The van der Waals surface area contributed by atoms with E-state index in [1.165, 1.54) is 0 Å². The number of halogens is 1. The second-order valence-corrected chi connectivity index (χ2v) is 8.97. The van der Waals surface area contributed by atoms with Crippen LogP contribution in [0.25, 0.3) is 16.7 Å². The van der Waals surface area contributed by atoms with E-state index in [4.69, 9.17) is 21.6 Å². The van der Waals surface area contributed by atoms with E-state index in [2.05, 4.69) is 40.8 Å². The molecule has 3 heterocycles. The van der Waals surface area contributed by atoms with Crippen molar-refractivity contribution in [2.45, 2.75) is 33.6 Å². The van der Waals surface area contributed by atoms with Crippen LogP contribution in [-0.4, -0.2) is 33.5 Å². The number of anilines is 2. The fraction of sp³-hybridized carbons (Fsp3) is 0.269. The van der Waals surface area contributed by atoms with Gasteiger partial charge in [-0.2, -0.15) is 0 Å². The van der Waals surface area contributed by atoms with Gasteiger partial charge in [0.1, 0.15) is 5.82 Å². The minimum Gasteiger partial charge on any atom is -0.356 e. The lowest BCUT2D eigenvalue weighted by molar-refractivity contribution is 0.101. The molecule has 2 aromatic heterocycles. The van der Waals surface area contributed by atoms with Crippen LogP contribution in [-0.2, 0) is 0 Å². The highest BCUT2D eigenvalue weighted by atomic mass is 35.5. The molecule has 33 heavy (non-hydrogen) atoms. The predicted octanol–water partition coefficient (Wildman–Crippen LogP) is 5.85. The van der Waals surface area contributed by atoms with Gasteiger partial charge in [0.05, 0.1) is 5.39 Å². The lowest BCUT2D eigenvalue weighted by Crippen LogP contribution is -2.23. The van der Waals surface area contributed by atoms with Crippen molar-refractivity contribution in [3.8, 4) is 5.69 Å². The monoisotopic (exact) mass is 459 g/mol. The van der Waals surface area contributed by atoms with Gasteiger partial charge in [0, 0.05) is 35.2 Å². The van der Waals surface area contributed by atoms with Crippen LogP contribution in [0.5, 0.6) is 0 Å². The van der Waals surface area contributed by atoms with Crippen LogP contribution in [0.4, 0.5) is 11.5 Å². The number of fused-ring (bicyclic) bond motifs is 1. The summed E-state index contributed by atoms with van der Waals surface area (Å²) < 4.78 is 2.12. The summed E-state index contributed by atoms with van der Waals surface area (Å²) in [4.78, 5) is 25.1. The molecule has 1 aliphatic rings. The van der Waals surface area contributed by atoms with E-state index < -0.39 is 0 Å². The maximum Gasteiger partial charge on any atom is 0.293 e. The number of para-hydroxylation sites is 1. The van der Waals surface area contributed by atoms with E-state index in [-0.39, 0.29) is 11.7 Å². The summed E-state index contributed by atoms with van der Waals surface area (Å²) in [6.07, 6.45) is 2.23. The van der Waals surface area contributed by atoms with E-state index in [0.717, 1.165) is 65.3 Å². The van der Waals surface area contributed by atoms with Crippen LogP contribution in [0.15, 0.2) is 48.5 Å². The highest BCUT2D eigenvalue weighted by Crippen LogP contribution is 2.35. The first-order chi connectivity index (χ1) is 15.9. The average molecular weight is 460 g/mol. The molecule has 1 aliphatic heterocycles. The molecule has 168 valence electrons. The number of rotatable bonds is 4. The van der Waals surface area contributed by atoms with Gasteiger partial charge in [-0.25, -0.2) is 9.97 Å². The molecule has 4 aromatic rings. The van der Waals surface area contributed by atoms with Crippen molar-refractivity contribution in [1.82, 2.24) is 14.5 Å². The molecule has 1 fully saturated rings. The van der Waals surface area contributed by atoms with Crippen LogP contribution >= 0.6 is 11.6 Å². The molecular formula is C26H26ClN5O. The summed E-state index contributed by atoms with van der Waals surface area (Å²) >= 11 is 6.25. The number of hydrogen-bond acceptors (Lipinski definition) is 4. The van der Waals surface area contributed by atoms with Crippen molar-refractivity contribution in [3.63, 3.8) is 0 Å². The first kappa shape index (κ1) is 21.5. The maximum absolute atomic E-state index is 13.3. The van der Waals surface area contributed by atoms with Crippen LogP contribution in [0.1, 0.15) is 40.3 Å². The highest BCUT2D eigenvalue weighted by molar-refractivity contribution is 6.31. The zero-order chi connectivity index (χ0) is 23.1. The normalized spacial score (nSPS) is 13.6. The van der Waals surface area contributed by atoms with Crippen molar-refractivity contribution in [3.05, 3.63) is 76.2 Å². The highest BCUT2D eigenvalue weighted by Gasteiger charge is 2.26. The molecule has 7 heteroatoms. The fourth-order valence-electron chi connectivity index (χ4n) is 4.45. The Hall–Kier alpha value is -3.38. The van der Waals surface area contributed by atoms with E-state index in [0.29, 0.717) is 10.7 Å². The summed E-state index contributed by atoms with van der Waals surface area (Å²) in [6.45, 7) is 7.97. The zero-order valence-corrected chi connectivity index (χ0v) is 19.8. The minimum atomic E-state index is -0.353. The number of carbonyl (C=O) groups is 1. The van der Waals surface area contributed by atoms with Gasteiger partial charge in [0.15, 0.2) is 5.65 Å². The van der Waals surface area contributed by atoms with Crippen molar-refractivity contribution in [2.75, 3.05) is 23.3 Å². The molecular weight excluding hydrogens is 434 g/mol. The lowest BCUT2D eigenvalue weighted by Gasteiger charge is -2.19. The Morgan fingerprint density at radius 2 is 1.73 bits per heavy atom. The SMILES string of the molecule is Cc1ccc(NC(=O)c2nc(N3CCCC3)c3c(C)c(C)n(-c4ccccc4)c3n2)cc1Cl. The van der Waals surface area contributed by atoms with Crippen molar-refractivity contribution < 1.29 is 4.79 Å². The number of hydrogen-bond donors (Lipinski definition) is 1. The van der Waals surface area contributed by atoms with Gasteiger partial charge in [0.2, 0.25) is 5.82 Å². The Labute approximate surface area is 198 Å². The number of nitrogens with one attached hydrogen (secondary N) is 1. The average Bonchev–Trinajstić information content (AvgIpc) is 3.44. The van der Waals surface area contributed by atoms with E-state index in [1.54, 1.807) is 6.07 Å². The van der Waals surface area contributed by atoms with Gasteiger partial charge in [-0.1, -0.05) is 35.9 Å². The van der Waals surface area contributed by atoms with Crippen LogP contribution in [0.3, 0.4) is 0 Å². The first-order valence-electron chi connectivity index (χ1n) is 11.2. The van der Waals surface area contributed by atoms with Crippen LogP contribution in [0, 0.1) is 20.8 Å². The van der Waals surface area contributed by atoms with Crippen LogP contribution < -0.4 is 10.2 Å². The third-order valence-corrected chi connectivity index (χ3v) is 6.80.